The van der Waals surface area contributed by atoms with Crippen LogP contribution in [-0.2, 0) is 0 Å². The molecule has 0 fully saturated rings. The lowest BCUT2D eigenvalue weighted by Crippen LogP contribution is -2.16. The molecule has 0 saturated heterocycles. The lowest BCUT2D eigenvalue weighted by Gasteiger charge is -2.09. The first kappa shape index (κ1) is 13.7. The first-order chi connectivity index (χ1) is 9.46. The number of alkyl halides is 3. The Morgan fingerprint density at radius 1 is 1.00 bits per heavy atom. The van der Waals surface area contributed by atoms with Crippen molar-refractivity contribution in [1.29, 1.82) is 0 Å². The molecule has 0 unspecified atom stereocenters. The third kappa shape index (κ3) is 3.92. The molecule has 0 saturated carbocycles. The molecule has 1 aromatic carbocycles. The average Bonchev–Trinajstić information content (AvgIpc) is 2.40. The van der Waals surface area contributed by atoms with Crippen LogP contribution < -0.4 is 9.47 Å². The number of aromatic nitrogens is 1. The van der Waals surface area contributed by atoms with Gasteiger partial charge in [0.2, 0.25) is 5.88 Å². The summed E-state index contributed by atoms with van der Waals surface area (Å²) in [6, 6.07) is 8.20. The van der Waals surface area contributed by atoms with E-state index >= 15 is 0 Å². The fourth-order valence-electron chi connectivity index (χ4n) is 1.36. The van der Waals surface area contributed by atoms with Gasteiger partial charge in [0, 0.05) is 17.8 Å². The number of rotatable bonds is 3. The number of terminal acetylenes is 1. The summed E-state index contributed by atoms with van der Waals surface area (Å²) < 4.78 is 45.0. The van der Waals surface area contributed by atoms with Gasteiger partial charge in [-0.15, -0.1) is 19.6 Å². The van der Waals surface area contributed by atoms with Crippen LogP contribution in [0, 0.1) is 12.3 Å². The van der Waals surface area contributed by atoms with E-state index in [9.17, 15) is 13.2 Å². The van der Waals surface area contributed by atoms with Gasteiger partial charge in [-0.2, -0.15) is 0 Å². The minimum Gasteiger partial charge on any atom is -0.439 e. The number of nitrogens with zero attached hydrogens (tertiary/aromatic N) is 1. The highest BCUT2D eigenvalue weighted by molar-refractivity contribution is 5.35. The van der Waals surface area contributed by atoms with Gasteiger partial charge in [-0.1, -0.05) is 5.92 Å². The van der Waals surface area contributed by atoms with Gasteiger partial charge < -0.3 is 9.47 Å². The highest BCUT2D eigenvalue weighted by Gasteiger charge is 2.30. The quantitative estimate of drug-likeness (QED) is 0.802. The van der Waals surface area contributed by atoms with Crippen molar-refractivity contribution in [2.75, 3.05) is 0 Å². The molecular weight excluding hydrogens is 271 g/mol. The lowest BCUT2D eigenvalue weighted by molar-refractivity contribution is -0.274. The SMILES string of the molecule is C#Cc1ccc(Oc2ccc(OC(F)(F)F)cc2)nc1. The lowest BCUT2D eigenvalue weighted by atomic mass is 10.3. The van der Waals surface area contributed by atoms with Crippen LogP contribution in [0.4, 0.5) is 13.2 Å². The van der Waals surface area contributed by atoms with E-state index in [4.69, 9.17) is 11.2 Å². The fourth-order valence-corrected chi connectivity index (χ4v) is 1.36. The maximum atomic E-state index is 12.0. The number of pyridine rings is 1. The highest BCUT2D eigenvalue weighted by atomic mass is 19.4. The summed E-state index contributed by atoms with van der Waals surface area (Å²) in [5.74, 6) is 2.71. The Kier molecular flexibility index (Phi) is 3.80. The molecule has 20 heavy (non-hydrogen) atoms. The number of benzene rings is 1. The summed E-state index contributed by atoms with van der Waals surface area (Å²) in [5.41, 5.74) is 0.603. The Morgan fingerprint density at radius 3 is 2.15 bits per heavy atom. The number of halogens is 3. The van der Waals surface area contributed by atoms with Crippen molar-refractivity contribution in [3.63, 3.8) is 0 Å². The van der Waals surface area contributed by atoms with Crippen LogP contribution in [-0.4, -0.2) is 11.3 Å². The topological polar surface area (TPSA) is 31.4 Å². The van der Waals surface area contributed by atoms with Gasteiger partial charge in [0.05, 0.1) is 0 Å². The Bertz CT molecular complexity index is 613. The maximum Gasteiger partial charge on any atom is 0.573 e. The van der Waals surface area contributed by atoms with Gasteiger partial charge in [0.15, 0.2) is 0 Å². The van der Waals surface area contributed by atoms with E-state index in [1.54, 1.807) is 12.1 Å². The molecule has 0 amide bonds. The van der Waals surface area contributed by atoms with E-state index in [-0.39, 0.29) is 11.6 Å². The molecule has 1 heterocycles. The van der Waals surface area contributed by atoms with E-state index in [1.165, 1.54) is 18.3 Å². The number of hydrogen-bond donors (Lipinski definition) is 0. The molecule has 0 aliphatic rings. The predicted molar refractivity (Wildman–Crippen MR) is 65.4 cm³/mol. The van der Waals surface area contributed by atoms with Crippen LogP contribution in [0.3, 0.4) is 0 Å². The zero-order valence-corrected chi connectivity index (χ0v) is 10.0. The number of ether oxygens (including phenoxy) is 2. The molecule has 0 aliphatic heterocycles. The Labute approximate surface area is 113 Å². The highest BCUT2D eigenvalue weighted by Crippen LogP contribution is 2.26. The second kappa shape index (κ2) is 5.53. The molecule has 1 aromatic heterocycles. The van der Waals surface area contributed by atoms with E-state index in [2.05, 4.69) is 15.6 Å². The monoisotopic (exact) mass is 279 g/mol. The summed E-state index contributed by atoms with van der Waals surface area (Å²) >= 11 is 0. The smallest absolute Gasteiger partial charge is 0.439 e. The largest absolute Gasteiger partial charge is 0.573 e. The Balaban J connectivity index is 2.05. The van der Waals surface area contributed by atoms with Crippen LogP contribution in [0.5, 0.6) is 17.4 Å². The van der Waals surface area contributed by atoms with Gasteiger partial charge in [-0.25, -0.2) is 4.98 Å². The molecule has 0 radical (unpaired) electrons. The Morgan fingerprint density at radius 2 is 1.65 bits per heavy atom. The van der Waals surface area contributed by atoms with E-state index in [0.29, 0.717) is 11.3 Å². The van der Waals surface area contributed by atoms with E-state index in [1.807, 2.05) is 0 Å². The Hall–Kier alpha value is -2.68. The average molecular weight is 279 g/mol. The molecule has 0 aliphatic carbocycles. The molecule has 6 heteroatoms. The second-order valence-corrected chi connectivity index (χ2v) is 3.65. The van der Waals surface area contributed by atoms with Crippen LogP contribution in [0.15, 0.2) is 42.6 Å². The van der Waals surface area contributed by atoms with Crippen LogP contribution in [0.25, 0.3) is 0 Å². The van der Waals surface area contributed by atoms with Crippen molar-refractivity contribution >= 4 is 0 Å². The molecule has 0 N–H and O–H groups in total. The van der Waals surface area contributed by atoms with Crippen molar-refractivity contribution in [3.05, 3.63) is 48.2 Å². The maximum absolute atomic E-state index is 12.0. The standard InChI is InChI=1S/C14H8F3NO2/c1-2-10-3-8-13(18-9-10)19-11-4-6-12(7-5-11)20-14(15,16)17/h1,3-9H. The first-order valence-corrected chi connectivity index (χ1v) is 5.42. The van der Waals surface area contributed by atoms with E-state index in [0.717, 1.165) is 12.1 Å². The molecule has 2 aromatic rings. The van der Waals surface area contributed by atoms with Crippen molar-refractivity contribution in [2.45, 2.75) is 6.36 Å². The van der Waals surface area contributed by atoms with Crippen LogP contribution >= 0.6 is 0 Å². The van der Waals surface area contributed by atoms with Gasteiger partial charge >= 0.3 is 6.36 Å². The molecule has 2 rings (SSSR count). The van der Waals surface area contributed by atoms with Crippen molar-refractivity contribution in [2.24, 2.45) is 0 Å². The second-order valence-electron chi connectivity index (χ2n) is 3.65. The third-order valence-corrected chi connectivity index (χ3v) is 2.18. The summed E-state index contributed by atoms with van der Waals surface area (Å²) in [6.07, 6.45) is 1.92. The van der Waals surface area contributed by atoms with Gasteiger partial charge in [0.1, 0.15) is 11.5 Å². The third-order valence-electron chi connectivity index (χ3n) is 2.18. The first-order valence-electron chi connectivity index (χ1n) is 5.42. The minimum atomic E-state index is -4.71. The summed E-state index contributed by atoms with van der Waals surface area (Å²) in [4.78, 5) is 3.95. The molecule has 3 nitrogen and oxygen atoms in total. The van der Waals surface area contributed by atoms with Crippen LogP contribution in [0.2, 0.25) is 0 Å². The minimum absolute atomic E-state index is 0.286. The summed E-state index contributed by atoms with van der Waals surface area (Å²) in [7, 11) is 0. The van der Waals surface area contributed by atoms with Gasteiger partial charge in [-0.3, -0.25) is 0 Å². The molecule has 0 spiro atoms. The normalized spacial score (nSPS) is 10.7. The van der Waals surface area contributed by atoms with Crippen molar-refractivity contribution in [1.82, 2.24) is 4.98 Å². The summed E-state index contributed by atoms with van der Waals surface area (Å²) in [5, 5.41) is 0. The molecule has 0 bridgehead atoms. The zero-order chi connectivity index (χ0) is 14.6. The fraction of sp³-hybridized carbons (Fsp3) is 0.0714. The van der Waals surface area contributed by atoms with Crippen LogP contribution in [0.1, 0.15) is 5.56 Å². The van der Waals surface area contributed by atoms with Crippen molar-refractivity contribution in [3.8, 4) is 29.7 Å². The predicted octanol–water partition coefficient (Wildman–Crippen LogP) is 3.75. The summed E-state index contributed by atoms with van der Waals surface area (Å²) in [6.45, 7) is 0. The molecule has 102 valence electrons. The zero-order valence-electron chi connectivity index (χ0n) is 10.0. The van der Waals surface area contributed by atoms with Crippen molar-refractivity contribution < 1.29 is 22.6 Å². The van der Waals surface area contributed by atoms with Gasteiger partial charge in [0.25, 0.3) is 0 Å². The van der Waals surface area contributed by atoms with Gasteiger partial charge in [-0.05, 0) is 30.3 Å². The van der Waals surface area contributed by atoms with E-state index < -0.39 is 6.36 Å². The molecular formula is C14H8F3NO2. The molecule has 0 atom stereocenters. The number of hydrogen-bond acceptors (Lipinski definition) is 3.